The molecule has 0 heterocycles. The number of hydrogen-bond acceptors (Lipinski definition) is 0. The molecule has 0 unspecified atom stereocenters. The number of rotatable bonds is 1. The summed E-state index contributed by atoms with van der Waals surface area (Å²) in [7, 11) is 0. The fourth-order valence-electron chi connectivity index (χ4n) is 2.24. The molecule has 0 amide bonds. The molecular formula is C13H17Li. The summed E-state index contributed by atoms with van der Waals surface area (Å²) in [6.45, 7) is 2.36. The molecule has 1 aromatic rings. The summed E-state index contributed by atoms with van der Waals surface area (Å²) in [5.41, 5.74) is 1.83. The summed E-state index contributed by atoms with van der Waals surface area (Å²) in [5.74, 6) is 0. The monoisotopic (exact) mass is 180 g/mol. The van der Waals surface area contributed by atoms with E-state index in [1.165, 1.54) is 31.2 Å². The molecule has 0 nitrogen and oxygen atoms in total. The van der Waals surface area contributed by atoms with E-state index in [9.17, 15) is 0 Å². The standard InChI is InChI=1S/C13H17.Li/c1-13(10-6-3-7-11-13)12-8-4-2-5-9-12;/h2,4-5,8-10H,3,6-7,11H2,1H3;/q-1;+1/t13-;/m1./s1. The number of hydrogen-bond donors (Lipinski definition) is 0. The van der Waals surface area contributed by atoms with Gasteiger partial charge >= 0.3 is 18.9 Å². The van der Waals surface area contributed by atoms with Crippen LogP contribution in [0.5, 0.6) is 0 Å². The normalized spacial score (nSPS) is 26.6. The van der Waals surface area contributed by atoms with E-state index in [-0.39, 0.29) is 18.9 Å². The van der Waals surface area contributed by atoms with E-state index in [2.05, 4.69) is 43.7 Å². The Hall–Kier alpha value is -0.183. The molecule has 2 rings (SSSR count). The van der Waals surface area contributed by atoms with Crippen LogP contribution in [0.2, 0.25) is 0 Å². The van der Waals surface area contributed by atoms with Gasteiger partial charge in [-0.15, -0.1) is 5.41 Å². The maximum Gasteiger partial charge on any atom is 1.00 e. The minimum atomic E-state index is 0. The Labute approximate surface area is 99.3 Å². The third-order valence-electron chi connectivity index (χ3n) is 3.18. The Morgan fingerprint density at radius 1 is 1.14 bits per heavy atom. The first-order valence-corrected chi connectivity index (χ1v) is 5.21. The summed E-state index contributed by atoms with van der Waals surface area (Å²) in [6.07, 6.45) is 7.85. The summed E-state index contributed by atoms with van der Waals surface area (Å²) in [4.78, 5) is 0. The summed E-state index contributed by atoms with van der Waals surface area (Å²) < 4.78 is 0. The zero-order chi connectivity index (χ0) is 9.15. The van der Waals surface area contributed by atoms with Crippen molar-refractivity contribution in [2.75, 3.05) is 0 Å². The second-order valence-electron chi connectivity index (χ2n) is 4.23. The van der Waals surface area contributed by atoms with E-state index in [1.807, 2.05) is 0 Å². The van der Waals surface area contributed by atoms with E-state index in [0.29, 0.717) is 5.41 Å². The van der Waals surface area contributed by atoms with Gasteiger partial charge in [0.15, 0.2) is 0 Å². The predicted octanol–water partition coefficient (Wildman–Crippen LogP) is 0.727. The van der Waals surface area contributed by atoms with E-state index < -0.39 is 0 Å². The first-order chi connectivity index (χ1) is 6.31. The van der Waals surface area contributed by atoms with Gasteiger partial charge in [-0.3, -0.25) is 0 Å². The Morgan fingerprint density at radius 3 is 2.43 bits per heavy atom. The van der Waals surface area contributed by atoms with Crippen LogP contribution in [0.15, 0.2) is 30.3 Å². The molecule has 1 heteroatoms. The van der Waals surface area contributed by atoms with Crippen LogP contribution < -0.4 is 18.9 Å². The van der Waals surface area contributed by atoms with Crippen LogP contribution in [0.25, 0.3) is 0 Å². The van der Waals surface area contributed by atoms with Crippen molar-refractivity contribution < 1.29 is 18.9 Å². The summed E-state index contributed by atoms with van der Waals surface area (Å²) in [6, 6.07) is 10.9. The van der Waals surface area contributed by atoms with Crippen LogP contribution in [0.1, 0.15) is 38.2 Å². The maximum absolute atomic E-state index is 2.49. The van der Waals surface area contributed by atoms with Crippen molar-refractivity contribution in [1.29, 1.82) is 0 Å². The molecule has 0 saturated heterocycles. The van der Waals surface area contributed by atoms with Gasteiger partial charge in [0.25, 0.3) is 0 Å². The van der Waals surface area contributed by atoms with Crippen molar-refractivity contribution in [2.45, 2.75) is 38.0 Å². The summed E-state index contributed by atoms with van der Waals surface area (Å²) in [5, 5.41) is 0. The van der Waals surface area contributed by atoms with Gasteiger partial charge < -0.3 is 6.42 Å². The molecule has 0 aromatic heterocycles. The molecule has 0 aliphatic heterocycles. The van der Waals surface area contributed by atoms with Crippen LogP contribution in [-0.2, 0) is 5.41 Å². The van der Waals surface area contributed by atoms with Crippen LogP contribution >= 0.6 is 0 Å². The van der Waals surface area contributed by atoms with Gasteiger partial charge in [-0.1, -0.05) is 62.1 Å². The molecule has 0 bridgehead atoms. The van der Waals surface area contributed by atoms with Crippen molar-refractivity contribution in [3.05, 3.63) is 42.3 Å². The second kappa shape index (κ2) is 5.06. The van der Waals surface area contributed by atoms with Gasteiger partial charge in [-0.05, 0) is 0 Å². The van der Waals surface area contributed by atoms with E-state index in [1.54, 1.807) is 0 Å². The largest absolute Gasteiger partial charge is 1.00 e. The van der Waals surface area contributed by atoms with Crippen LogP contribution in [0.4, 0.5) is 0 Å². The Morgan fingerprint density at radius 2 is 1.86 bits per heavy atom. The smallest absolute Gasteiger partial charge is 0.318 e. The Balaban J connectivity index is 0.000000980. The van der Waals surface area contributed by atoms with E-state index >= 15 is 0 Å². The predicted molar refractivity (Wildman–Crippen MR) is 56.6 cm³/mol. The van der Waals surface area contributed by atoms with Crippen molar-refractivity contribution >= 4 is 0 Å². The molecule has 1 aliphatic carbocycles. The molecule has 14 heavy (non-hydrogen) atoms. The Bertz CT molecular complexity index is 260. The van der Waals surface area contributed by atoms with Crippen molar-refractivity contribution in [1.82, 2.24) is 0 Å². The fourth-order valence-corrected chi connectivity index (χ4v) is 2.24. The van der Waals surface area contributed by atoms with Crippen molar-refractivity contribution in [2.24, 2.45) is 0 Å². The van der Waals surface area contributed by atoms with Crippen LogP contribution in [0.3, 0.4) is 0 Å². The molecule has 1 fully saturated rings. The van der Waals surface area contributed by atoms with Gasteiger partial charge in [-0.25, -0.2) is 0 Å². The van der Waals surface area contributed by atoms with Crippen LogP contribution in [-0.4, -0.2) is 0 Å². The molecule has 1 atom stereocenters. The van der Waals surface area contributed by atoms with Gasteiger partial charge in [0.1, 0.15) is 0 Å². The molecule has 0 N–H and O–H groups in total. The van der Waals surface area contributed by atoms with E-state index in [4.69, 9.17) is 0 Å². The first kappa shape index (κ1) is 11.9. The van der Waals surface area contributed by atoms with Gasteiger partial charge in [0, 0.05) is 0 Å². The topological polar surface area (TPSA) is 0 Å². The molecule has 0 radical (unpaired) electrons. The molecule has 70 valence electrons. The molecule has 1 saturated carbocycles. The molecular weight excluding hydrogens is 163 g/mol. The number of benzene rings is 1. The SMILES string of the molecule is C[C@@]1(c2ccccc2)[CH-]CCCC1.[Li+]. The second-order valence-corrected chi connectivity index (χ2v) is 4.23. The van der Waals surface area contributed by atoms with Gasteiger partial charge in [-0.2, -0.15) is 6.42 Å². The zero-order valence-electron chi connectivity index (χ0n) is 9.29. The molecule has 1 aromatic carbocycles. The fraction of sp³-hybridized carbons (Fsp3) is 0.462. The minimum absolute atomic E-state index is 0. The van der Waals surface area contributed by atoms with Crippen molar-refractivity contribution in [3.8, 4) is 0 Å². The Kier molecular flexibility index (Phi) is 4.29. The molecule has 1 aliphatic rings. The minimum Gasteiger partial charge on any atom is -0.318 e. The quantitative estimate of drug-likeness (QED) is 0.441. The third-order valence-corrected chi connectivity index (χ3v) is 3.18. The van der Waals surface area contributed by atoms with Gasteiger partial charge in [0.2, 0.25) is 0 Å². The maximum atomic E-state index is 2.49. The average Bonchev–Trinajstić information content (AvgIpc) is 2.20. The summed E-state index contributed by atoms with van der Waals surface area (Å²) >= 11 is 0. The third kappa shape index (κ3) is 2.44. The molecule has 0 spiro atoms. The average molecular weight is 180 g/mol. The van der Waals surface area contributed by atoms with E-state index in [0.717, 1.165) is 0 Å². The first-order valence-electron chi connectivity index (χ1n) is 5.21. The van der Waals surface area contributed by atoms with Crippen LogP contribution in [0, 0.1) is 6.42 Å². The van der Waals surface area contributed by atoms with Gasteiger partial charge in [0.05, 0.1) is 0 Å². The zero-order valence-corrected chi connectivity index (χ0v) is 9.29. The van der Waals surface area contributed by atoms with Crippen molar-refractivity contribution in [3.63, 3.8) is 0 Å².